The molecule has 0 fully saturated rings. The van der Waals surface area contributed by atoms with Crippen molar-refractivity contribution in [3.63, 3.8) is 0 Å². The van der Waals surface area contributed by atoms with Gasteiger partial charge in [-0.1, -0.05) is 42.5 Å². The average Bonchev–Trinajstić information content (AvgIpc) is 2.98. The van der Waals surface area contributed by atoms with Crippen LogP contribution in [-0.2, 0) is 9.53 Å². The second kappa shape index (κ2) is 5.53. The van der Waals surface area contributed by atoms with E-state index in [1.54, 1.807) is 0 Å². The minimum Gasteiger partial charge on any atom is -0.466 e. The summed E-state index contributed by atoms with van der Waals surface area (Å²) >= 11 is 0. The summed E-state index contributed by atoms with van der Waals surface area (Å²) < 4.78 is 7.10. The zero-order valence-electron chi connectivity index (χ0n) is 13.5. The average molecular weight is 319 g/mol. The number of benzene rings is 2. The van der Waals surface area contributed by atoms with Crippen molar-refractivity contribution >= 4 is 23.0 Å². The fourth-order valence-electron chi connectivity index (χ4n) is 3.29. The Morgan fingerprint density at radius 3 is 2.58 bits per heavy atom. The van der Waals surface area contributed by atoms with Crippen LogP contribution in [0.25, 0.3) is 11.0 Å². The fourth-order valence-corrected chi connectivity index (χ4v) is 3.29. The Morgan fingerprint density at radius 2 is 1.83 bits per heavy atom. The Morgan fingerprint density at radius 1 is 1.12 bits per heavy atom. The molecule has 0 saturated heterocycles. The van der Waals surface area contributed by atoms with Crippen LogP contribution in [0.15, 0.2) is 65.9 Å². The smallest absolute Gasteiger partial charge is 0.337 e. The van der Waals surface area contributed by atoms with Crippen LogP contribution in [0.1, 0.15) is 18.5 Å². The van der Waals surface area contributed by atoms with Gasteiger partial charge in [0.25, 0.3) is 0 Å². The third-order valence-electron chi connectivity index (χ3n) is 4.35. The third kappa shape index (κ3) is 2.09. The van der Waals surface area contributed by atoms with E-state index in [0.717, 1.165) is 28.2 Å². The maximum Gasteiger partial charge on any atom is 0.337 e. The molecular weight excluding hydrogens is 302 g/mol. The lowest BCUT2D eigenvalue weighted by Crippen LogP contribution is -2.28. The number of fused-ring (bicyclic) bond motifs is 3. The molecule has 0 radical (unpaired) electrons. The summed E-state index contributed by atoms with van der Waals surface area (Å²) in [5, 5.41) is 3.24. The highest BCUT2D eigenvalue weighted by Crippen LogP contribution is 2.39. The first-order valence-corrected chi connectivity index (χ1v) is 7.78. The van der Waals surface area contributed by atoms with E-state index in [4.69, 9.17) is 4.74 Å². The first-order chi connectivity index (χ1) is 11.7. The molecule has 5 heteroatoms. The highest BCUT2D eigenvalue weighted by Gasteiger charge is 2.34. The molecule has 1 N–H and O–H groups in total. The Kier molecular flexibility index (Phi) is 3.34. The van der Waals surface area contributed by atoms with Crippen molar-refractivity contribution < 1.29 is 9.53 Å². The molecule has 3 aromatic rings. The first kappa shape index (κ1) is 14.5. The standard InChI is InChI=1S/C19H17N3O2/c1-12-16(18(23)24-2)17(13-8-4-3-5-9-13)22-15-11-7-6-10-14(15)21-19(22)20-12/h3-11,17H,1-2H3,(H,20,21)/t17-/m1/s1. The van der Waals surface area contributed by atoms with Crippen LogP contribution in [0, 0.1) is 0 Å². The minimum atomic E-state index is -0.336. The highest BCUT2D eigenvalue weighted by atomic mass is 16.5. The molecule has 120 valence electrons. The molecule has 1 aliphatic heterocycles. The molecule has 0 spiro atoms. The van der Waals surface area contributed by atoms with Gasteiger partial charge in [0.1, 0.15) is 0 Å². The van der Waals surface area contributed by atoms with Crippen molar-refractivity contribution in [2.45, 2.75) is 13.0 Å². The molecule has 4 rings (SSSR count). The van der Waals surface area contributed by atoms with E-state index < -0.39 is 0 Å². The van der Waals surface area contributed by atoms with Crippen LogP contribution >= 0.6 is 0 Å². The van der Waals surface area contributed by atoms with Gasteiger partial charge >= 0.3 is 5.97 Å². The number of nitrogens with one attached hydrogen (secondary N) is 1. The summed E-state index contributed by atoms with van der Waals surface area (Å²) in [5.41, 5.74) is 4.24. The number of aromatic nitrogens is 2. The molecular formula is C19H17N3O2. The Labute approximate surface area is 139 Å². The van der Waals surface area contributed by atoms with E-state index >= 15 is 0 Å². The molecule has 0 amide bonds. The summed E-state index contributed by atoms with van der Waals surface area (Å²) in [4.78, 5) is 17.1. The zero-order chi connectivity index (χ0) is 16.7. The van der Waals surface area contributed by atoms with Gasteiger partial charge in [0.2, 0.25) is 5.95 Å². The maximum atomic E-state index is 12.5. The number of esters is 1. The van der Waals surface area contributed by atoms with Crippen LogP contribution in [0.5, 0.6) is 0 Å². The first-order valence-electron chi connectivity index (χ1n) is 7.78. The van der Waals surface area contributed by atoms with Gasteiger partial charge in [-0.25, -0.2) is 9.78 Å². The Bertz CT molecular complexity index is 957. The molecule has 0 bridgehead atoms. The van der Waals surface area contributed by atoms with Crippen molar-refractivity contribution in [1.82, 2.24) is 9.55 Å². The molecule has 2 aromatic carbocycles. The molecule has 1 aliphatic rings. The SMILES string of the molecule is COC(=O)C1=C(C)Nc2nc3ccccc3n2[C@@H]1c1ccccc1. The number of allylic oxidation sites excluding steroid dienone is 1. The van der Waals surface area contributed by atoms with Crippen LogP contribution in [0.2, 0.25) is 0 Å². The number of anilines is 1. The number of para-hydroxylation sites is 2. The van der Waals surface area contributed by atoms with Crippen LogP contribution in [0.3, 0.4) is 0 Å². The monoisotopic (exact) mass is 319 g/mol. The number of imidazole rings is 1. The third-order valence-corrected chi connectivity index (χ3v) is 4.35. The Hall–Kier alpha value is -3.08. The number of nitrogens with zero attached hydrogens (tertiary/aromatic N) is 2. The summed E-state index contributed by atoms with van der Waals surface area (Å²) in [6.07, 6.45) is 0. The quantitative estimate of drug-likeness (QED) is 0.735. The van der Waals surface area contributed by atoms with Gasteiger partial charge in [0.05, 0.1) is 29.8 Å². The van der Waals surface area contributed by atoms with Gasteiger partial charge in [-0.2, -0.15) is 0 Å². The molecule has 1 aromatic heterocycles. The number of methoxy groups -OCH3 is 1. The van der Waals surface area contributed by atoms with Gasteiger partial charge in [-0.05, 0) is 24.6 Å². The molecule has 5 nitrogen and oxygen atoms in total. The van der Waals surface area contributed by atoms with E-state index in [1.807, 2.05) is 61.5 Å². The number of carbonyl (C=O) groups excluding carboxylic acids is 1. The topological polar surface area (TPSA) is 56.1 Å². The van der Waals surface area contributed by atoms with Crippen molar-refractivity contribution in [3.05, 3.63) is 71.4 Å². The minimum absolute atomic E-state index is 0.276. The van der Waals surface area contributed by atoms with Gasteiger partial charge in [-0.3, -0.25) is 4.57 Å². The van der Waals surface area contributed by atoms with E-state index in [2.05, 4.69) is 14.9 Å². The number of ether oxygens (including phenoxy) is 1. The normalized spacial score (nSPS) is 16.7. The molecule has 0 saturated carbocycles. The van der Waals surface area contributed by atoms with Gasteiger partial charge in [-0.15, -0.1) is 0 Å². The maximum absolute atomic E-state index is 12.5. The number of hydrogen-bond donors (Lipinski definition) is 1. The number of hydrogen-bond acceptors (Lipinski definition) is 4. The lowest BCUT2D eigenvalue weighted by molar-refractivity contribution is -0.136. The summed E-state index contributed by atoms with van der Waals surface area (Å²) in [6, 6.07) is 17.6. The molecule has 0 aliphatic carbocycles. The van der Waals surface area contributed by atoms with Crippen LogP contribution in [-0.4, -0.2) is 22.6 Å². The second-order valence-electron chi connectivity index (χ2n) is 5.76. The number of carbonyl (C=O) groups is 1. The summed E-state index contributed by atoms with van der Waals surface area (Å²) in [5.74, 6) is 0.396. The predicted molar refractivity (Wildman–Crippen MR) is 92.7 cm³/mol. The van der Waals surface area contributed by atoms with E-state index in [9.17, 15) is 4.79 Å². The number of rotatable bonds is 2. The van der Waals surface area contributed by atoms with Crippen molar-refractivity contribution in [1.29, 1.82) is 0 Å². The zero-order valence-corrected chi connectivity index (χ0v) is 13.5. The second-order valence-corrected chi connectivity index (χ2v) is 5.76. The van der Waals surface area contributed by atoms with Gasteiger partial charge < -0.3 is 10.1 Å². The van der Waals surface area contributed by atoms with Gasteiger partial charge in [0.15, 0.2) is 0 Å². The van der Waals surface area contributed by atoms with Crippen molar-refractivity contribution in [3.8, 4) is 0 Å². The molecule has 1 atom stereocenters. The predicted octanol–water partition coefficient (Wildman–Crippen LogP) is 3.50. The van der Waals surface area contributed by atoms with E-state index in [-0.39, 0.29) is 12.0 Å². The van der Waals surface area contributed by atoms with Gasteiger partial charge in [0, 0.05) is 5.70 Å². The van der Waals surface area contributed by atoms with Crippen LogP contribution < -0.4 is 5.32 Å². The fraction of sp³-hybridized carbons (Fsp3) is 0.158. The van der Waals surface area contributed by atoms with Crippen LogP contribution in [0.4, 0.5) is 5.95 Å². The van der Waals surface area contributed by atoms with Crippen molar-refractivity contribution in [2.24, 2.45) is 0 Å². The molecule has 24 heavy (non-hydrogen) atoms. The summed E-state index contributed by atoms with van der Waals surface area (Å²) in [7, 11) is 1.41. The van der Waals surface area contributed by atoms with E-state index in [1.165, 1.54) is 7.11 Å². The summed E-state index contributed by atoms with van der Waals surface area (Å²) in [6.45, 7) is 1.88. The van der Waals surface area contributed by atoms with Crippen molar-refractivity contribution in [2.75, 3.05) is 12.4 Å². The lowest BCUT2D eigenvalue weighted by atomic mass is 9.95. The van der Waals surface area contributed by atoms with E-state index in [0.29, 0.717) is 5.57 Å². The largest absolute Gasteiger partial charge is 0.466 e. The molecule has 0 unspecified atom stereocenters. The Balaban J connectivity index is 2.02. The molecule has 2 heterocycles. The lowest BCUT2D eigenvalue weighted by Gasteiger charge is -2.29. The highest BCUT2D eigenvalue weighted by molar-refractivity contribution is 5.94.